The number of guanidine groups is 1. The van der Waals surface area contributed by atoms with E-state index in [0.29, 0.717) is 11.1 Å². The molecule has 0 fully saturated rings. The van der Waals surface area contributed by atoms with Crippen LogP contribution in [0.2, 0.25) is 0 Å². The number of ether oxygens (including phenoxy) is 1. The molecular formula is C15H15ClN4OS. The Morgan fingerprint density at radius 3 is 2.73 bits per heavy atom. The second-order valence-electron chi connectivity index (χ2n) is 4.32. The van der Waals surface area contributed by atoms with Gasteiger partial charge in [-0.3, -0.25) is 0 Å². The zero-order valence-electron chi connectivity index (χ0n) is 11.8. The number of benzene rings is 2. The van der Waals surface area contributed by atoms with E-state index in [1.165, 1.54) is 11.3 Å². The second kappa shape index (κ2) is 7.11. The number of nitrogens with two attached hydrogens (primary N) is 1. The predicted octanol–water partition coefficient (Wildman–Crippen LogP) is 3.79. The summed E-state index contributed by atoms with van der Waals surface area (Å²) in [6, 6.07) is 15.4. The Morgan fingerprint density at radius 2 is 2.00 bits per heavy atom. The number of hydrogen-bond acceptors (Lipinski definition) is 4. The number of anilines is 1. The highest BCUT2D eigenvalue weighted by atomic mass is 35.5. The lowest BCUT2D eigenvalue weighted by Gasteiger charge is -2.03. The quantitative estimate of drug-likeness (QED) is 0.564. The summed E-state index contributed by atoms with van der Waals surface area (Å²) in [5.41, 5.74) is 7.67. The summed E-state index contributed by atoms with van der Waals surface area (Å²) >= 11 is 1.47. The molecule has 0 aliphatic carbocycles. The summed E-state index contributed by atoms with van der Waals surface area (Å²) in [7, 11) is 1.64. The van der Waals surface area contributed by atoms with Gasteiger partial charge in [0.05, 0.1) is 17.3 Å². The highest BCUT2D eigenvalue weighted by Crippen LogP contribution is 2.30. The van der Waals surface area contributed by atoms with Gasteiger partial charge in [-0.2, -0.15) is 4.99 Å². The molecule has 0 bridgehead atoms. The van der Waals surface area contributed by atoms with Crippen molar-refractivity contribution in [2.24, 2.45) is 10.7 Å². The molecule has 0 spiro atoms. The van der Waals surface area contributed by atoms with Crippen molar-refractivity contribution in [3.8, 4) is 5.75 Å². The van der Waals surface area contributed by atoms with Gasteiger partial charge in [0, 0.05) is 5.69 Å². The first-order valence-electron chi connectivity index (χ1n) is 6.35. The first kappa shape index (κ1) is 16.1. The first-order chi connectivity index (χ1) is 10.2. The normalized spacial score (nSPS) is 11.0. The maximum Gasteiger partial charge on any atom is 0.213 e. The number of halogens is 1. The molecule has 114 valence electrons. The minimum atomic E-state index is 0. The Kier molecular flexibility index (Phi) is 5.19. The third kappa shape index (κ3) is 3.66. The van der Waals surface area contributed by atoms with Crippen molar-refractivity contribution >= 4 is 50.7 Å². The average molecular weight is 335 g/mol. The summed E-state index contributed by atoms with van der Waals surface area (Å²) < 4.78 is 6.21. The average Bonchev–Trinajstić information content (AvgIpc) is 2.89. The largest absolute Gasteiger partial charge is 0.497 e. The van der Waals surface area contributed by atoms with Crippen molar-refractivity contribution in [3.05, 3.63) is 48.5 Å². The molecule has 0 aliphatic heterocycles. The Hall–Kier alpha value is -2.31. The number of thiazole rings is 1. The van der Waals surface area contributed by atoms with Crippen LogP contribution < -0.4 is 15.8 Å². The fraction of sp³-hybridized carbons (Fsp3) is 0.0667. The van der Waals surface area contributed by atoms with Crippen molar-refractivity contribution in [2.45, 2.75) is 0 Å². The number of para-hydroxylation sites is 1. The van der Waals surface area contributed by atoms with Crippen LogP contribution in [0, 0.1) is 0 Å². The highest BCUT2D eigenvalue weighted by Gasteiger charge is 2.05. The number of fused-ring (bicyclic) bond motifs is 1. The van der Waals surface area contributed by atoms with Crippen LogP contribution in [-0.4, -0.2) is 18.1 Å². The van der Waals surface area contributed by atoms with Gasteiger partial charge in [0.15, 0.2) is 0 Å². The molecule has 0 radical (unpaired) electrons. The van der Waals surface area contributed by atoms with Crippen molar-refractivity contribution in [3.63, 3.8) is 0 Å². The number of nitrogens with zero attached hydrogens (tertiary/aromatic N) is 2. The van der Waals surface area contributed by atoms with Crippen LogP contribution in [0.3, 0.4) is 0 Å². The third-order valence-electron chi connectivity index (χ3n) is 2.85. The molecule has 3 rings (SSSR count). The lowest BCUT2D eigenvalue weighted by Crippen LogP contribution is -2.21. The molecule has 7 heteroatoms. The Bertz CT molecular complexity index is 789. The topological polar surface area (TPSA) is 72.5 Å². The van der Waals surface area contributed by atoms with Gasteiger partial charge in [-0.05, 0) is 30.3 Å². The fourth-order valence-corrected chi connectivity index (χ4v) is 2.75. The molecule has 0 unspecified atom stereocenters. The Balaban J connectivity index is 0.00000176. The van der Waals surface area contributed by atoms with Crippen LogP contribution in [0.5, 0.6) is 5.75 Å². The molecule has 3 aromatic rings. The van der Waals surface area contributed by atoms with Crippen LogP contribution in [0.4, 0.5) is 10.8 Å². The van der Waals surface area contributed by atoms with Crippen molar-refractivity contribution in [2.75, 3.05) is 12.4 Å². The minimum Gasteiger partial charge on any atom is -0.497 e. The van der Waals surface area contributed by atoms with Crippen molar-refractivity contribution in [1.82, 2.24) is 4.98 Å². The summed E-state index contributed by atoms with van der Waals surface area (Å²) in [4.78, 5) is 8.72. The van der Waals surface area contributed by atoms with E-state index in [1.807, 2.05) is 48.5 Å². The van der Waals surface area contributed by atoms with Crippen molar-refractivity contribution in [1.29, 1.82) is 0 Å². The second-order valence-corrected chi connectivity index (χ2v) is 5.33. The molecule has 0 saturated carbocycles. The van der Waals surface area contributed by atoms with Gasteiger partial charge in [-0.15, -0.1) is 12.4 Å². The number of rotatable bonds is 3. The smallest absolute Gasteiger partial charge is 0.213 e. The molecule has 1 aromatic heterocycles. The van der Waals surface area contributed by atoms with E-state index in [4.69, 9.17) is 10.5 Å². The van der Waals surface area contributed by atoms with Gasteiger partial charge < -0.3 is 15.8 Å². The molecule has 2 aromatic carbocycles. The van der Waals surface area contributed by atoms with E-state index in [9.17, 15) is 0 Å². The maximum atomic E-state index is 5.90. The molecular weight excluding hydrogens is 320 g/mol. The van der Waals surface area contributed by atoms with Crippen LogP contribution in [0.25, 0.3) is 10.2 Å². The van der Waals surface area contributed by atoms with Gasteiger partial charge in [0.25, 0.3) is 0 Å². The number of nitrogens with one attached hydrogen (secondary N) is 1. The minimum absolute atomic E-state index is 0. The fourth-order valence-electron chi connectivity index (χ4n) is 1.87. The molecule has 5 nitrogen and oxygen atoms in total. The van der Waals surface area contributed by atoms with E-state index in [0.717, 1.165) is 21.7 Å². The number of methoxy groups -OCH3 is 1. The van der Waals surface area contributed by atoms with Gasteiger partial charge in [-0.25, -0.2) is 4.98 Å². The standard InChI is InChI=1S/C15H14N4OS.ClH/c1-20-11-7-8-12-13(9-11)21-15(18-12)19-14(16)17-10-5-3-2-4-6-10;/h2-9H,1H3,(H3,16,17,18,19);1H. The van der Waals surface area contributed by atoms with Gasteiger partial charge in [0.2, 0.25) is 11.1 Å². The van der Waals surface area contributed by atoms with Crippen LogP contribution in [-0.2, 0) is 0 Å². The summed E-state index contributed by atoms with van der Waals surface area (Å²) in [5, 5.41) is 3.64. The van der Waals surface area contributed by atoms with Crippen LogP contribution in [0.1, 0.15) is 0 Å². The third-order valence-corrected chi connectivity index (χ3v) is 3.76. The van der Waals surface area contributed by atoms with Crippen LogP contribution >= 0.6 is 23.7 Å². The number of hydrogen-bond donors (Lipinski definition) is 2. The summed E-state index contributed by atoms with van der Waals surface area (Å²) in [5.74, 6) is 1.12. The molecule has 22 heavy (non-hydrogen) atoms. The Morgan fingerprint density at radius 1 is 1.23 bits per heavy atom. The van der Waals surface area contributed by atoms with Crippen LogP contribution in [0.15, 0.2) is 53.5 Å². The molecule has 0 atom stereocenters. The molecule has 0 aliphatic rings. The van der Waals surface area contributed by atoms with E-state index in [-0.39, 0.29) is 12.4 Å². The van der Waals surface area contributed by atoms with Gasteiger partial charge in [0.1, 0.15) is 5.75 Å². The van der Waals surface area contributed by atoms with E-state index < -0.39 is 0 Å². The maximum absolute atomic E-state index is 5.90. The molecule has 0 amide bonds. The van der Waals surface area contributed by atoms with Gasteiger partial charge in [-0.1, -0.05) is 29.5 Å². The number of aromatic nitrogens is 1. The zero-order valence-corrected chi connectivity index (χ0v) is 13.4. The summed E-state index contributed by atoms with van der Waals surface area (Å²) in [6.07, 6.45) is 0. The lowest BCUT2D eigenvalue weighted by molar-refractivity contribution is 0.415. The lowest BCUT2D eigenvalue weighted by atomic mass is 10.3. The van der Waals surface area contributed by atoms with E-state index in [2.05, 4.69) is 15.3 Å². The first-order valence-corrected chi connectivity index (χ1v) is 7.17. The van der Waals surface area contributed by atoms with E-state index >= 15 is 0 Å². The molecule has 3 N–H and O–H groups in total. The highest BCUT2D eigenvalue weighted by molar-refractivity contribution is 7.22. The molecule has 0 saturated heterocycles. The Labute approximate surface area is 138 Å². The monoisotopic (exact) mass is 334 g/mol. The zero-order chi connectivity index (χ0) is 14.7. The predicted molar refractivity (Wildman–Crippen MR) is 94.8 cm³/mol. The van der Waals surface area contributed by atoms with Crippen molar-refractivity contribution < 1.29 is 4.74 Å². The van der Waals surface area contributed by atoms with Gasteiger partial charge >= 0.3 is 0 Å². The number of aliphatic imine (C=N–C) groups is 1. The molecule has 1 heterocycles. The van der Waals surface area contributed by atoms with E-state index in [1.54, 1.807) is 7.11 Å². The summed E-state index contributed by atoms with van der Waals surface area (Å²) in [6.45, 7) is 0. The SMILES string of the molecule is COc1ccc2nc(N=C(N)Nc3ccccc3)sc2c1.Cl.